The smallest absolute Gasteiger partial charge is 0.328 e. The first-order valence-electron chi connectivity index (χ1n) is 11.4. The van der Waals surface area contributed by atoms with Crippen molar-refractivity contribution < 1.29 is 24.1 Å². The first-order chi connectivity index (χ1) is 15.6. The summed E-state index contributed by atoms with van der Waals surface area (Å²) in [5.74, 6) is -0.918. The maximum absolute atomic E-state index is 13.8. The maximum atomic E-state index is 13.8. The number of nitrogens with one attached hydrogen (secondary N) is 1. The number of carboxylic acid groups (broad SMARTS) is 1. The molecule has 0 bridgehead atoms. The molecule has 2 aromatic rings. The highest BCUT2D eigenvalue weighted by Crippen LogP contribution is 2.32. The van der Waals surface area contributed by atoms with Crippen LogP contribution in [0.3, 0.4) is 0 Å². The molecule has 33 heavy (non-hydrogen) atoms. The lowest BCUT2D eigenvalue weighted by molar-refractivity contribution is -0.131. The van der Waals surface area contributed by atoms with Gasteiger partial charge in [-0.05, 0) is 86.4 Å². The number of rotatable bonds is 11. The summed E-state index contributed by atoms with van der Waals surface area (Å²) in [5.41, 5.74) is 3.86. The number of aliphatic carboxylic acids is 1. The largest absolute Gasteiger partial charge is 0.478 e. The van der Waals surface area contributed by atoms with Crippen LogP contribution in [-0.2, 0) is 22.4 Å². The summed E-state index contributed by atoms with van der Waals surface area (Å²) >= 11 is 0. The van der Waals surface area contributed by atoms with E-state index in [1.54, 1.807) is 6.92 Å². The van der Waals surface area contributed by atoms with E-state index in [1.165, 1.54) is 35.4 Å². The Balaban J connectivity index is 1.48. The van der Waals surface area contributed by atoms with Gasteiger partial charge < -0.3 is 20.3 Å². The van der Waals surface area contributed by atoms with Crippen LogP contribution in [0.5, 0.6) is 0 Å². The van der Waals surface area contributed by atoms with Crippen molar-refractivity contribution in [2.24, 2.45) is 5.92 Å². The zero-order chi connectivity index (χ0) is 24.0. The average molecular weight is 456 g/mol. The molecule has 3 rings (SSSR count). The molecule has 0 saturated carbocycles. The molecule has 0 saturated heterocycles. The fourth-order valence-corrected chi connectivity index (χ4v) is 4.60. The van der Waals surface area contributed by atoms with Gasteiger partial charge in [0, 0.05) is 18.2 Å². The highest BCUT2D eigenvalue weighted by atomic mass is 19.1. The van der Waals surface area contributed by atoms with Crippen molar-refractivity contribution >= 4 is 12.0 Å². The topological polar surface area (TPSA) is 78.8 Å². The molecule has 0 aliphatic heterocycles. The zero-order valence-corrected chi connectivity index (χ0v) is 19.6. The summed E-state index contributed by atoms with van der Waals surface area (Å²) in [6, 6.07) is 12.7. The number of benzene rings is 2. The Labute approximate surface area is 195 Å². The van der Waals surface area contributed by atoms with Crippen LogP contribution < -0.4 is 5.32 Å². The Bertz CT molecular complexity index is 963. The van der Waals surface area contributed by atoms with Gasteiger partial charge in [0.1, 0.15) is 5.82 Å². The van der Waals surface area contributed by atoms with E-state index >= 15 is 0 Å². The zero-order valence-electron chi connectivity index (χ0n) is 19.6. The minimum atomic E-state index is -1.08. The van der Waals surface area contributed by atoms with E-state index in [-0.39, 0.29) is 12.1 Å². The predicted octanol–water partition coefficient (Wildman–Crippen LogP) is 4.54. The standard InChI is InChI=1S/C27H34FNO4/c1-18(25-14-23(28)10-8-20(25)9-11-26(31)32)33-17-24(30)16-29-27(2,3)15-19-12-21-6-4-5-7-22(21)13-19/h4-11,14,18-19,24,29-30H,12-13,15-17H2,1-3H3,(H,31,32)/b11-9+/t18-,24+/m1/s1. The summed E-state index contributed by atoms with van der Waals surface area (Å²) in [6.45, 7) is 6.53. The molecule has 2 atom stereocenters. The third kappa shape index (κ3) is 7.49. The van der Waals surface area contributed by atoms with Gasteiger partial charge in [0.2, 0.25) is 0 Å². The van der Waals surface area contributed by atoms with Crippen LogP contribution in [0.1, 0.15) is 55.5 Å². The van der Waals surface area contributed by atoms with Gasteiger partial charge >= 0.3 is 5.97 Å². The Morgan fingerprint density at radius 1 is 1.24 bits per heavy atom. The highest BCUT2D eigenvalue weighted by Gasteiger charge is 2.28. The van der Waals surface area contributed by atoms with Gasteiger partial charge in [0.05, 0.1) is 18.8 Å². The van der Waals surface area contributed by atoms with Gasteiger partial charge in [-0.3, -0.25) is 0 Å². The van der Waals surface area contributed by atoms with Gasteiger partial charge in [-0.1, -0.05) is 30.3 Å². The van der Waals surface area contributed by atoms with Crippen molar-refractivity contribution in [1.29, 1.82) is 0 Å². The summed E-state index contributed by atoms with van der Waals surface area (Å²) in [7, 11) is 0. The first kappa shape index (κ1) is 25.1. The monoisotopic (exact) mass is 455 g/mol. The number of carboxylic acids is 1. The van der Waals surface area contributed by atoms with E-state index in [1.807, 2.05) is 0 Å². The molecule has 0 fully saturated rings. The van der Waals surface area contributed by atoms with Crippen LogP contribution in [0.25, 0.3) is 6.08 Å². The first-order valence-corrected chi connectivity index (χ1v) is 11.4. The van der Waals surface area contributed by atoms with Crippen LogP contribution in [0.4, 0.5) is 4.39 Å². The fourth-order valence-electron chi connectivity index (χ4n) is 4.60. The highest BCUT2D eigenvalue weighted by molar-refractivity contribution is 5.85. The van der Waals surface area contributed by atoms with Crippen LogP contribution in [0.2, 0.25) is 0 Å². The second kappa shape index (κ2) is 11.1. The Morgan fingerprint density at radius 3 is 2.55 bits per heavy atom. The number of aliphatic hydroxyl groups excluding tert-OH is 1. The van der Waals surface area contributed by atoms with E-state index in [0.717, 1.165) is 25.3 Å². The minimum absolute atomic E-state index is 0.0811. The minimum Gasteiger partial charge on any atom is -0.478 e. The number of aliphatic hydroxyl groups is 1. The van der Waals surface area contributed by atoms with E-state index in [4.69, 9.17) is 9.84 Å². The molecule has 0 amide bonds. The molecule has 2 aromatic carbocycles. The quantitative estimate of drug-likeness (QED) is 0.434. The molecule has 0 unspecified atom stereocenters. The second-order valence-corrected chi connectivity index (χ2v) is 9.59. The third-order valence-corrected chi connectivity index (χ3v) is 6.18. The molecule has 5 nitrogen and oxygen atoms in total. The van der Waals surface area contributed by atoms with Crippen molar-refractivity contribution in [3.8, 4) is 0 Å². The molecule has 1 aliphatic rings. The number of hydrogen-bond acceptors (Lipinski definition) is 4. The van der Waals surface area contributed by atoms with Crippen molar-refractivity contribution in [2.75, 3.05) is 13.2 Å². The van der Waals surface area contributed by atoms with E-state index in [0.29, 0.717) is 23.6 Å². The van der Waals surface area contributed by atoms with Gasteiger partial charge in [-0.15, -0.1) is 0 Å². The number of halogens is 1. The molecule has 6 heteroatoms. The number of hydrogen-bond donors (Lipinski definition) is 3. The van der Waals surface area contributed by atoms with Crippen molar-refractivity contribution in [3.05, 3.63) is 76.6 Å². The van der Waals surface area contributed by atoms with E-state index in [2.05, 4.69) is 43.4 Å². The Kier molecular flexibility index (Phi) is 8.40. The van der Waals surface area contributed by atoms with Crippen LogP contribution in [0.15, 0.2) is 48.5 Å². The normalized spacial score (nSPS) is 16.2. The van der Waals surface area contributed by atoms with Gasteiger partial charge in [-0.25, -0.2) is 9.18 Å². The molecule has 0 radical (unpaired) electrons. The number of β-amino-alcohol motifs (C(OH)–C–C–N with tert-alkyl or cyclic N) is 1. The lowest BCUT2D eigenvalue weighted by atomic mass is 9.88. The lowest BCUT2D eigenvalue weighted by Crippen LogP contribution is -2.45. The summed E-state index contributed by atoms with van der Waals surface area (Å²) in [5, 5.41) is 22.8. The SMILES string of the molecule is C[C@@H](OC[C@@H](O)CNC(C)(C)CC1Cc2ccccc2C1)c1cc(F)ccc1/C=C/C(=O)O. The summed E-state index contributed by atoms with van der Waals surface area (Å²) in [6.07, 6.45) is 4.39. The second-order valence-electron chi connectivity index (χ2n) is 9.59. The summed E-state index contributed by atoms with van der Waals surface area (Å²) in [4.78, 5) is 10.8. The Morgan fingerprint density at radius 2 is 1.91 bits per heavy atom. The van der Waals surface area contributed by atoms with E-state index < -0.39 is 24.0 Å². The molecule has 0 heterocycles. The summed E-state index contributed by atoms with van der Waals surface area (Å²) < 4.78 is 19.6. The molecule has 178 valence electrons. The van der Waals surface area contributed by atoms with Gasteiger partial charge in [0.25, 0.3) is 0 Å². The van der Waals surface area contributed by atoms with Gasteiger partial charge in [0.15, 0.2) is 0 Å². The van der Waals surface area contributed by atoms with Crippen molar-refractivity contribution in [1.82, 2.24) is 5.32 Å². The van der Waals surface area contributed by atoms with Crippen molar-refractivity contribution in [3.63, 3.8) is 0 Å². The molecule has 0 aromatic heterocycles. The van der Waals surface area contributed by atoms with Crippen LogP contribution in [-0.4, -0.2) is 41.0 Å². The Hall–Kier alpha value is -2.54. The van der Waals surface area contributed by atoms with Gasteiger partial charge in [-0.2, -0.15) is 0 Å². The third-order valence-electron chi connectivity index (χ3n) is 6.18. The number of fused-ring (bicyclic) bond motifs is 1. The molecular formula is C27H34FNO4. The fraction of sp³-hybridized carbons (Fsp3) is 0.444. The molecule has 1 aliphatic carbocycles. The predicted molar refractivity (Wildman–Crippen MR) is 127 cm³/mol. The average Bonchev–Trinajstić information content (AvgIpc) is 3.16. The molecule has 3 N–H and O–H groups in total. The van der Waals surface area contributed by atoms with Crippen LogP contribution in [0, 0.1) is 11.7 Å². The van der Waals surface area contributed by atoms with Crippen molar-refractivity contribution in [2.45, 2.75) is 57.8 Å². The van der Waals surface area contributed by atoms with E-state index in [9.17, 15) is 14.3 Å². The molecule has 0 spiro atoms. The number of carbonyl (C=O) groups is 1. The van der Waals surface area contributed by atoms with Crippen LogP contribution >= 0.6 is 0 Å². The molecular weight excluding hydrogens is 421 g/mol. The maximum Gasteiger partial charge on any atom is 0.328 e. The number of ether oxygens (including phenoxy) is 1. The lowest BCUT2D eigenvalue weighted by Gasteiger charge is -2.31.